The molecule has 0 aliphatic heterocycles. The Morgan fingerprint density at radius 2 is 1.90 bits per heavy atom. The van der Waals surface area contributed by atoms with Crippen LogP contribution in [0.5, 0.6) is 0 Å². The molecule has 110 valence electrons. The fourth-order valence-corrected chi connectivity index (χ4v) is 2.05. The molecule has 0 aliphatic carbocycles. The normalized spacial score (nSPS) is 10.2. The Balaban J connectivity index is 2.81. The molecule has 1 aromatic carbocycles. The molecule has 0 atom stereocenters. The lowest BCUT2D eigenvalue weighted by Crippen LogP contribution is -2.41. The van der Waals surface area contributed by atoms with Crippen LogP contribution in [-0.4, -0.2) is 36.9 Å². The van der Waals surface area contributed by atoms with Crippen LogP contribution in [0, 0.1) is 0 Å². The monoisotopic (exact) mass is 296 g/mol. The number of anilines is 1. The zero-order valence-corrected chi connectivity index (χ0v) is 13.0. The summed E-state index contributed by atoms with van der Waals surface area (Å²) in [4.78, 5) is 27.0. The molecular formula is C15H21ClN2O2. The number of hydrogen-bond acceptors (Lipinski definition) is 2. The number of amides is 2. The lowest BCUT2D eigenvalue weighted by Gasteiger charge is -2.25. The SMILES string of the molecule is CCCCN(C)C(=O)CN(C(C)=O)c1ccccc1Cl. The van der Waals surface area contributed by atoms with Gasteiger partial charge in [-0.2, -0.15) is 0 Å². The molecule has 0 spiro atoms. The largest absolute Gasteiger partial charge is 0.344 e. The molecule has 20 heavy (non-hydrogen) atoms. The number of hydrogen-bond donors (Lipinski definition) is 0. The number of carbonyl (C=O) groups excluding carboxylic acids is 2. The van der Waals surface area contributed by atoms with Crippen molar-refractivity contribution >= 4 is 29.1 Å². The first-order chi connectivity index (χ1) is 9.47. The highest BCUT2D eigenvalue weighted by Gasteiger charge is 2.19. The van der Waals surface area contributed by atoms with Gasteiger partial charge in [0.05, 0.1) is 10.7 Å². The zero-order valence-electron chi connectivity index (χ0n) is 12.2. The Kier molecular flexibility index (Phi) is 6.52. The minimum atomic E-state index is -0.199. The fraction of sp³-hybridized carbons (Fsp3) is 0.467. The van der Waals surface area contributed by atoms with Gasteiger partial charge in [0.2, 0.25) is 11.8 Å². The van der Waals surface area contributed by atoms with Crippen molar-refractivity contribution in [2.75, 3.05) is 25.0 Å². The van der Waals surface area contributed by atoms with Crippen molar-refractivity contribution in [3.8, 4) is 0 Å². The molecule has 0 aliphatic rings. The first-order valence-corrected chi connectivity index (χ1v) is 7.11. The molecule has 2 amide bonds. The van der Waals surface area contributed by atoms with Crippen LogP contribution in [0.25, 0.3) is 0 Å². The number of likely N-dealkylation sites (N-methyl/N-ethyl adjacent to an activating group) is 1. The molecule has 0 unspecified atom stereocenters. The number of unbranched alkanes of at least 4 members (excludes halogenated alkanes) is 1. The van der Waals surface area contributed by atoms with Crippen molar-refractivity contribution in [3.63, 3.8) is 0 Å². The van der Waals surface area contributed by atoms with Gasteiger partial charge >= 0.3 is 0 Å². The lowest BCUT2D eigenvalue weighted by atomic mass is 10.2. The molecule has 1 rings (SSSR count). The number of carbonyl (C=O) groups is 2. The summed E-state index contributed by atoms with van der Waals surface area (Å²) in [6.07, 6.45) is 1.98. The van der Waals surface area contributed by atoms with Crippen LogP contribution < -0.4 is 4.90 Å². The molecule has 0 N–H and O–H groups in total. The van der Waals surface area contributed by atoms with Gasteiger partial charge in [0.15, 0.2) is 0 Å². The summed E-state index contributed by atoms with van der Waals surface area (Å²) in [5.41, 5.74) is 0.568. The molecule has 0 fully saturated rings. The third-order valence-electron chi connectivity index (χ3n) is 3.09. The molecule has 0 bridgehead atoms. The van der Waals surface area contributed by atoms with E-state index >= 15 is 0 Å². The Bertz CT molecular complexity index is 477. The third kappa shape index (κ3) is 4.53. The van der Waals surface area contributed by atoms with Gasteiger partial charge in [-0.1, -0.05) is 37.1 Å². The van der Waals surface area contributed by atoms with E-state index in [-0.39, 0.29) is 18.4 Å². The van der Waals surface area contributed by atoms with Gasteiger partial charge in [0.25, 0.3) is 0 Å². The standard InChI is InChI=1S/C15H21ClN2O2/c1-4-5-10-17(3)15(20)11-18(12(2)19)14-9-7-6-8-13(14)16/h6-9H,4-5,10-11H2,1-3H3. The Labute approximate surface area is 125 Å². The Morgan fingerprint density at radius 3 is 2.45 bits per heavy atom. The van der Waals surface area contributed by atoms with E-state index in [0.29, 0.717) is 17.3 Å². The summed E-state index contributed by atoms with van der Waals surface area (Å²) < 4.78 is 0. The van der Waals surface area contributed by atoms with Gasteiger partial charge in [-0.05, 0) is 18.6 Å². The number of nitrogens with zero attached hydrogens (tertiary/aromatic N) is 2. The van der Waals surface area contributed by atoms with Crippen LogP contribution in [0.1, 0.15) is 26.7 Å². The highest BCUT2D eigenvalue weighted by Crippen LogP contribution is 2.25. The van der Waals surface area contributed by atoms with Gasteiger partial charge in [0, 0.05) is 20.5 Å². The van der Waals surface area contributed by atoms with Crippen LogP contribution >= 0.6 is 11.6 Å². The lowest BCUT2D eigenvalue weighted by molar-refractivity contribution is -0.130. The number of halogens is 1. The van der Waals surface area contributed by atoms with Crippen molar-refractivity contribution in [2.45, 2.75) is 26.7 Å². The minimum absolute atomic E-state index is 0.0132. The second kappa shape index (κ2) is 7.90. The third-order valence-corrected chi connectivity index (χ3v) is 3.41. The maximum atomic E-state index is 12.1. The molecule has 4 nitrogen and oxygen atoms in total. The smallest absolute Gasteiger partial charge is 0.242 e. The predicted molar refractivity (Wildman–Crippen MR) is 82.0 cm³/mol. The van der Waals surface area contributed by atoms with Gasteiger partial charge in [0.1, 0.15) is 6.54 Å². The fourth-order valence-electron chi connectivity index (χ4n) is 1.81. The van der Waals surface area contributed by atoms with E-state index in [4.69, 9.17) is 11.6 Å². The van der Waals surface area contributed by atoms with E-state index in [0.717, 1.165) is 12.8 Å². The van der Waals surface area contributed by atoms with E-state index in [1.807, 2.05) is 0 Å². The van der Waals surface area contributed by atoms with Crippen LogP contribution in [0.4, 0.5) is 5.69 Å². The highest BCUT2D eigenvalue weighted by molar-refractivity contribution is 6.33. The number of para-hydroxylation sites is 1. The minimum Gasteiger partial charge on any atom is -0.344 e. The van der Waals surface area contributed by atoms with Crippen LogP contribution in [0.2, 0.25) is 5.02 Å². The first kappa shape index (κ1) is 16.5. The summed E-state index contributed by atoms with van der Waals surface area (Å²) in [6, 6.07) is 7.03. The average molecular weight is 297 g/mol. The molecule has 0 aromatic heterocycles. The van der Waals surface area contributed by atoms with E-state index < -0.39 is 0 Å². The van der Waals surface area contributed by atoms with Crippen molar-refractivity contribution in [2.24, 2.45) is 0 Å². The van der Waals surface area contributed by atoms with Gasteiger partial charge < -0.3 is 9.80 Å². The molecule has 0 saturated carbocycles. The summed E-state index contributed by atoms with van der Waals surface area (Å²) in [5.74, 6) is -0.288. The maximum Gasteiger partial charge on any atom is 0.242 e. The summed E-state index contributed by atoms with van der Waals surface area (Å²) in [6.45, 7) is 4.22. The van der Waals surface area contributed by atoms with E-state index in [2.05, 4.69) is 6.92 Å². The first-order valence-electron chi connectivity index (χ1n) is 6.74. The summed E-state index contributed by atoms with van der Waals surface area (Å²) in [7, 11) is 1.75. The quantitative estimate of drug-likeness (QED) is 0.810. The van der Waals surface area contributed by atoms with Gasteiger partial charge in [-0.3, -0.25) is 9.59 Å². The molecular weight excluding hydrogens is 276 g/mol. The van der Waals surface area contributed by atoms with E-state index in [1.165, 1.54) is 11.8 Å². The topological polar surface area (TPSA) is 40.6 Å². The van der Waals surface area contributed by atoms with Gasteiger partial charge in [-0.15, -0.1) is 0 Å². The second-order valence-electron chi connectivity index (χ2n) is 4.73. The van der Waals surface area contributed by atoms with E-state index in [9.17, 15) is 9.59 Å². The van der Waals surface area contributed by atoms with Crippen molar-refractivity contribution in [1.29, 1.82) is 0 Å². The molecule has 0 radical (unpaired) electrons. The predicted octanol–water partition coefficient (Wildman–Crippen LogP) is 2.95. The highest BCUT2D eigenvalue weighted by atomic mass is 35.5. The number of rotatable bonds is 6. The molecule has 0 heterocycles. The van der Waals surface area contributed by atoms with Crippen LogP contribution in [0.15, 0.2) is 24.3 Å². The molecule has 1 aromatic rings. The van der Waals surface area contributed by atoms with Crippen LogP contribution in [-0.2, 0) is 9.59 Å². The maximum absolute atomic E-state index is 12.1. The van der Waals surface area contributed by atoms with Crippen molar-refractivity contribution in [1.82, 2.24) is 4.90 Å². The zero-order chi connectivity index (χ0) is 15.1. The van der Waals surface area contributed by atoms with Crippen LogP contribution in [0.3, 0.4) is 0 Å². The van der Waals surface area contributed by atoms with E-state index in [1.54, 1.807) is 36.2 Å². The molecule has 0 saturated heterocycles. The van der Waals surface area contributed by atoms with Gasteiger partial charge in [-0.25, -0.2) is 0 Å². The second-order valence-corrected chi connectivity index (χ2v) is 5.13. The number of benzene rings is 1. The summed E-state index contributed by atoms with van der Waals surface area (Å²) >= 11 is 6.09. The van der Waals surface area contributed by atoms with Crippen molar-refractivity contribution < 1.29 is 9.59 Å². The molecule has 5 heteroatoms. The van der Waals surface area contributed by atoms with Crippen molar-refractivity contribution in [3.05, 3.63) is 29.3 Å². The Morgan fingerprint density at radius 1 is 1.25 bits per heavy atom. The average Bonchev–Trinajstić information content (AvgIpc) is 2.42. The Hall–Kier alpha value is -1.55. The summed E-state index contributed by atoms with van der Waals surface area (Å²) in [5, 5.41) is 0.465.